The van der Waals surface area contributed by atoms with Gasteiger partial charge in [0.15, 0.2) is 23.0 Å². The molecule has 0 bridgehead atoms. The third-order valence-electron chi connectivity index (χ3n) is 14.1. The summed E-state index contributed by atoms with van der Waals surface area (Å²) in [5.41, 5.74) is 5.94. The molecule has 2 atom stereocenters. The summed E-state index contributed by atoms with van der Waals surface area (Å²) in [5.74, 6) is 0.104. The van der Waals surface area contributed by atoms with Crippen LogP contribution in [0.4, 0.5) is 40.3 Å². The number of fused-ring (bicyclic) bond motifs is 4. The monoisotopic (exact) mass is 1010 g/mol. The Morgan fingerprint density at radius 1 is 0.690 bits per heavy atom. The highest BCUT2D eigenvalue weighted by molar-refractivity contribution is 6.18. The van der Waals surface area contributed by atoms with Crippen LogP contribution in [0.25, 0.3) is 0 Å². The van der Waals surface area contributed by atoms with Crippen LogP contribution in [0.5, 0.6) is 23.0 Å². The van der Waals surface area contributed by atoms with E-state index in [1.54, 1.807) is 19.1 Å². The van der Waals surface area contributed by atoms with Gasteiger partial charge >= 0.3 is 12.6 Å². The van der Waals surface area contributed by atoms with Crippen molar-refractivity contribution in [2.24, 2.45) is 10.8 Å². The third kappa shape index (κ3) is 10.7. The van der Waals surface area contributed by atoms with Crippen molar-refractivity contribution in [1.82, 2.24) is 0 Å². The summed E-state index contributed by atoms with van der Waals surface area (Å²) in [7, 11) is 0. The quantitative estimate of drug-likeness (QED) is 0.0569. The highest BCUT2D eigenvalue weighted by atomic mass is 35.5. The molecule has 18 heteroatoms. The molecule has 10 rings (SSSR count). The van der Waals surface area contributed by atoms with Gasteiger partial charge in [-0.1, -0.05) is 53.7 Å². The highest BCUT2D eigenvalue weighted by Gasteiger charge is 2.54. The number of nitriles is 1. The first kappa shape index (κ1) is 51.4. The van der Waals surface area contributed by atoms with Crippen molar-refractivity contribution >= 4 is 46.2 Å². The summed E-state index contributed by atoms with van der Waals surface area (Å²) in [4.78, 5) is 34.7. The van der Waals surface area contributed by atoms with Gasteiger partial charge in [0.2, 0.25) is 11.8 Å². The molecule has 2 aliphatic carbocycles. The third-order valence-corrected chi connectivity index (χ3v) is 14.2. The van der Waals surface area contributed by atoms with Crippen LogP contribution in [0.3, 0.4) is 0 Å². The Balaban J connectivity index is 0.000000177. The van der Waals surface area contributed by atoms with Gasteiger partial charge in [0.25, 0.3) is 0 Å². The first-order valence-corrected chi connectivity index (χ1v) is 24.4. The predicted octanol–water partition coefficient (Wildman–Crippen LogP) is 11.6. The molecule has 0 saturated heterocycles. The van der Waals surface area contributed by atoms with Gasteiger partial charge in [0.1, 0.15) is 0 Å². The number of ether oxygens (including phenoxy) is 4. The minimum Gasteiger partial charge on any atom is -0.395 e. The number of anilines is 4. The average molecular weight is 1010 g/mol. The van der Waals surface area contributed by atoms with E-state index in [9.17, 15) is 27.2 Å². The maximum Gasteiger partial charge on any atom is 0.586 e. The van der Waals surface area contributed by atoms with E-state index in [1.807, 2.05) is 36.4 Å². The molecule has 2 fully saturated rings. The number of nitrogens with zero attached hydrogens (tertiary/aromatic N) is 3. The minimum atomic E-state index is -3.68. The Labute approximate surface area is 416 Å². The maximum atomic E-state index is 13.4. The largest absolute Gasteiger partial charge is 0.586 e. The lowest BCUT2D eigenvalue weighted by atomic mass is 9.84. The van der Waals surface area contributed by atoms with Crippen LogP contribution in [0.1, 0.15) is 103 Å². The van der Waals surface area contributed by atoms with E-state index in [0.717, 1.165) is 42.0 Å². The van der Waals surface area contributed by atoms with E-state index in [2.05, 4.69) is 91.9 Å². The van der Waals surface area contributed by atoms with Crippen molar-refractivity contribution in [1.29, 1.82) is 5.26 Å². The number of hydrogen-bond acceptors (Lipinski definition) is 11. The van der Waals surface area contributed by atoms with Gasteiger partial charge in [0.05, 0.1) is 29.9 Å². The lowest BCUT2D eigenvalue weighted by Gasteiger charge is -2.36. The highest BCUT2D eigenvalue weighted by Crippen LogP contribution is 2.54. The summed E-state index contributed by atoms with van der Waals surface area (Å²) in [5, 5.41) is 22.6. The van der Waals surface area contributed by atoms with E-state index >= 15 is 0 Å². The van der Waals surface area contributed by atoms with Crippen molar-refractivity contribution in [2.45, 2.75) is 129 Å². The molecule has 4 aliphatic heterocycles. The molecule has 4 heterocycles. The molecular formula is C53H60ClF4N5O8. The fourth-order valence-electron chi connectivity index (χ4n) is 10.1. The molecule has 71 heavy (non-hydrogen) atoms. The molecule has 3 N–H and O–H groups in total. The standard InChI is InChI=1S/C26H27F2N3O3.C25H27ClF2N2O3.C2H6O2/c1-24(2,3)22-14-16-13-18(6-7-19(16)31(22)12-4-11-29)30-23(32)25(9-10-25)17-5-8-20-21(15-17)34-26(27,28)33-20;1-23(2,3)21-13-15-12-17(5-6-18(15)30(21)11-10-26)29-22(31)24(8-9-24)16-4-7-19-20(14-16)33-25(27,28)32-19;1-2-4-3/h5-8,13,15,22H,4,9-10,12,14H2,1-3H3,(H,30,32);4-7,12,14,21H,8-11,13H2,1-3H3,(H,29,31);3H,2H2,1H3. The van der Waals surface area contributed by atoms with Crippen LogP contribution in [-0.2, 0) is 38.1 Å². The number of rotatable bonds is 11. The smallest absolute Gasteiger partial charge is 0.395 e. The topological polar surface area (TPSA) is 155 Å². The molecule has 2 unspecified atom stereocenters. The fraction of sp³-hybridized carbons (Fsp3) is 0.491. The lowest BCUT2D eigenvalue weighted by molar-refractivity contribution is -0.287. The second-order valence-electron chi connectivity index (χ2n) is 21.0. The summed E-state index contributed by atoms with van der Waals surface area (Å²) in [6.07, 6.45) is -2.61. The van der Waals surface area contributed by atoms with E-state index in [4.69, 9.17) is 22.1 Å². The Morgan fingerprint density at radius 3 is 1.44 bits per heavy atom. The number of carbonyl (C=O) groups excluding carboxylic acids is 2. The van der Waals surface area contributed by atoms with Gasteiger partial charge in [-0.3, -0.25) is 14.8 Å². The van der Waals surface area contributed by atoms with Gasteiger partial charge in [-0.25, -0.2) is 4.89 Å². The number of amides is 2. The molecule has 2 amide bonds. The zero-order valence-electron chi connectivity index (χ0n) is 40.9. The van der Waals surface area contributed by atoms with E-state index in [-0.39, 0.29) is 51.7 Å². The zero-order valence-corrected chi connectivity index (χ0v) is 41.7. The summed E-state index contributed by atoms with van der Waals surface area (Å²) >= 11 is 6.07. The average Bonchev–Trinajstić information content (AvgIpc) is 4.16. The number of halogens is 5. The Kier molecular flexibility index (Phi) is 13.9. The van der Waals surface area contributed by atoms with Gasteiger partial charge in [-0.15, -0.1) is 29.2 Å². The van der Waals surface area contributed by atoms with Crippen LogP contribution in [-0.4, -0.2) is 67.3 Å². The van der Waals surface area contributed by atoms with Crippen molar-refractivity contribution in [3.8, 4) is 29.1 Å². The second-order valence-corrected chi connectivity index (χ2v) is 21.4. The van der Waals surface area contributed by atoms with Crippen molar-refractivity contribution < 1.29 is 56.2 Å². The Bertz CT molecular complexity index is 2710. The maximum absolute atomic E-state index is 13.4. The van der Waals surface area contributed by atoms with Crippen LogP contribution in [0, 0.1) is 22.2 Å². The van der Waals surface area contributed by atoms with Crippen molar-refractivity contribution in [2.75, 3.05) is 46.0 Å². The van der Waals surface area contributed by atoms with Crippen molar-refractivity contribution in [3.05, 3.63) is 95.1 Å². The van der Waals surface area contributed by atoms with Gasteiger partial charge in [-0.2, -0.15) is 5.26 Å². The second kappa shape index (κ2) is 19.2. The first-order valence-electron chi connectivity index (χ1n) is 23.9. The number of alkyl halides is 5. The molecule has 380 valence electrons. The van der Waals surface area contributed by atoms with Gasteiger partial charge < -0.3 is 39.4 Å². The summed E-state index contributed by atoms with van der Waals surface area (Å²) in [6.45, 7) is 16.8. The number of carbonyl (C=O) groups is 2. The van der Waals surface area contributed by atoms with Crippen molar-refractivity contribution in [3.63, 3.8) is 0 Å². The van der Waals surface area contributed by atoms with Gasteiger partial charge in [0, 0.05) is 53.8 Å². The molecule has 0 aromatic heterocycles. The van der Waals surface area contributed by atoms with Crippen LogP contribution in [0.2, 0.25) is 0 Å². The molecule has 2 saturated carbocycles. The van der Waals surface area contributed by atoms with E-state index in [0.29, 0.717) is 74.0 Å². The molecule has 0 spiro atoms. The lowest BCUT2D eigenvalue weighted by Crippen LogP contribution is -2.42. The Hall–Kier alpha value is -5.96. The van der Waals surface area contributed by atoms with Crippen LogP contribution < -0.4 is 39.4 Å². The molecule has 6 aliphatic rings. The normalized spacial score (nSPS) is 20.6. The molecule has 13 nitrogen and oxygen atoms in total. The van der Waals surface area contributed by atoms with E-state index in [1.165, 1.54) is 29.8 Å². The first-order chi connectivity index (χ1) is 33.5. The van der Waals surface area contributed by atoms with Gasteiger partial charge in [-0.05, 0) is 139 Å². The van der Waals surface area contributed by atoms with Crippen LogP contribution >= 0.6 is 11.6 Å². The zero-order chi connectivity index (χ0) is 51.3. The fourth-order valence-corrected chi connectivity index (χ4v) is 10.3. The molecule has 4 aromatic rings. The summed E-state index contributed by atoms with van der Waals surface area (Å²) < 4.78 is 71.6. The number of nitrogens with one attached hydrogen (secondary N) is 2. The molecular weight excluding hydrogens is 946 g/mol. The Morgan fingerprint density at radius 2 is 1.08 bits per heavy atom. The molecule has 0 radical (unpaired) electrons. The molecule has 4 aromatic carbocycles. The predicted molar refractivity (Wildman–Crippen MR) is 261 cm³/mol. The van der Waals surface area contributed by atoms with E-state index < -0.39 is 23.4 Å². The van der Waals surface area contributed by atoms with Crippen LogP contribution in [0.15, 0.2) is 72.8 Å². The SMILES string of the molecule is CC(C)(C)C1Cc2cc(NC(=O)C3(c4ccc5c(c4)OC(F)(F)O5)CC3)ccc2N1CCC#N.CC(C)(C)C1Cc2cc(NC(=O)C3(c4ccc5c(c4)OC(F)(F)O5)CC3)ccc2N1CCCl.CCOO. The number of hydrogen-bond donors (Lipinski definition) is 3. The number of benzene rings is 4. The minimum absolute atomic E-state index is 0.0199. The summed E-state index contributed by atoms with van der Waals surface area (Å²) in [6, 6.07) is 23.9.